The van der Waals surface area contributed by atoms with E-state index in [0.717, 1.165) is 11.1 Å². The van der Waals surface area contributed by atoms with Crippen LogP contribution in [0.3, 0.4) is 0 Å². The zero-order valence-corrected chi connectivity index (χ0v) is 13.8. The lowest BCUT2D eigenvalue weighted by Crippen LogP contribution is -2.13. The smallest absolute Gasteiger partial charge is 0.248 e. The Bertz CT molecular complexity index is 810. The number of primary amides is 2. The molecule has 0 unspecified atom stereocenters. The molecule has 3 aromatic carbocycles. The molecule has 26 heavy (non-hydrogen) atoms. The third kappa shape index (κ3) is 5.10. The summed E-state index contributed by atoms with van der Waals surface area (Å²) >= 11 is 0. The molecule has 0 aliphatic carbocycles. The Balaban J connectivity index is 0.000000190. The van der Waals surface area contributed by atoms with Gasteiger partial charge in [0.15, 0.2) is 0 Å². The molecular formula is C20H18N2O4. The van der Waals surface area contributed by atoms with Crippen molar-refractivity contribution >= 4 is 11.8 Å². The van der Waals surface area contributed by atoms with Crippen LogP contribution in [0.2, 0.25) is 0 Å². The molecule has 3 aromatic rings. The first-order valence-corrected chi connectivity index (χ1v) is 7.65. The van der Waals surface area contributed by atoms with E-state index in [4.69, 9.17) is 21.7 Å². The number of carbonyl (C=O) groups is 2. The second-order valence-electron chi connectivity index (χ2n) is 5.40. The molecule has 0 atom stereocenters. The van der Waals surface area contributed by atoms with Crippen molar-refractivity contribution in [3.8, 4) is 22.6 Å². The fourth-order valence-corrected chi connectivity index (χ4v) is 2.11. The van der Waals surface area contributed by atoms with Crippen molar-refractivity contribution in [1.82, 2.24) is 0 Å². The van der Waals surface area contributed by atoms with E-state index in [0.29, 0.717) is 11.1 Å². The third-order valence-electron chi connectivity index (χ3n) is 3.52. The maximum Gasteiger partial charge on any atom is 0.248 e. The second kappa shape index (κ2) is 8.34. The predicted octanol–water partition coefficient (Wildman–Crippen LogP) is 2.65. The number of rotatable bonds is 3. The number of carbonyl (C=O) groups excluding carboxylic acids is 2. The number of aromatic hydroxyl groups is 2. The van der Waals surface area contributed by atoms with Crippen molar-refractivity contribution in [1.29, 1.82) is 0 Å². The van der Waals surface area contributed by atoms with Gasteiger partial charge in [-0.1, -0.05) is 24.3 Å². The molecule has 6 N–H and O–H groups in total. The normalized spacial score (nSPS) is 9.69. The van der Waals surface area contributed by atoms with Gasteiger partial charge in [-0.15, -0.1) is 0 Å². The summed E-state index contributed by atoms with van der Waals surface area (Å²) in [5, 5.41) is 18.2. The van der Waals surface area contributed by atoms with Crippen LogP contribution >= 0.6 is 0 Å². The minimum atomic E-state index is -0.522. The maximum atomic E-state index is 10.6. The van der Waals surface area contributed by atoms with Gasteiger partial charge in [0.05, 0.1) is 0 Å². The summed E-state index contributed by atoms with van der Waals surface area (Å²) in [6.45, 7) is 0. The highest BCUT2D eigenvalue weighted by atomic mass is 16.3. The monoisotopic (exact) mass is 350 g/mol. The van der Waals surface area contributed by atoms with Crippen LogP contribution in [0.25, 0.3) is 11.1 Å². The van der Waals surface area contributed by atoms with Crippen molar-refractivity contribution in [3.05, 3.63) is 83.9 Å². The highest BCUT2D eigenvalue weighted by Crippen LogP contribution is 2.23. The molecule has 0 radical (unpaired) electrons. The lowest BCUT2D eigenvalue weighted by atomic mass is 10.1. The fourth-order valence-electron chi connectivity index (χ4n) is 2.11. The van der Waals surface area contributed by atoms with Crippen LogP contribution in [0.15, 0.2) is 72.8 Å². The first kappa shape index (κ1) is 18.5. The number of benzene rings is 3. The minimum Gasteiger partial charge on any atom is -0.508 e. The Labute approximate surface area is 150 Å². The molecule has 0 saturated carbocycles. The molecule has 0 aromatic heterocycles. The first-order valence-electron chi connectivity index (χ1n) is 7.65. The quantitative estimate of drug-likeness (QED) is 0.579. The van der Waals surface area contributed by atoms with E-state index in [9.17, 15) is 9.59 Å². The molecule has 6 heteroatoms. The fraction of sp³-hybridized carbons (Fsp3) is 0. The summed E-state index contributed by atoms with van der Waals surface area (Å²) in [4.78, 5) is 21.2. The standard InChI is InChI=1S/C12H10O2.C8H8N2O2/c13-11-5-1-9(2-6-11)10-3-7-12(14)8-4-10;9-7(11)5-1-2-6(4-3-5)8(10)12/h1-8,13-14H;1-4H,(H2,9,11)(H2,10,12). The van der Waals surface area contributed by atoms with Crippen molar-refractivity contribution in [2.75, 3.05) is 0 Å². The lowest BCUT2D eigenvalue weighted by molar-refractivity contribution is 0.0988. The van der Waals surface area contributed by atoms with Crippen LogP contribution in [0, 0.1) is 0 Å². The van der Waals surface area contributed by atoms with Crippen LogP contribution in [0.4, 0.5) is 0 Å². The second-order valence-corrected chi connectivity index (χ2v) is 5.40. The van der Waals surface area contributed by atoms with Gasteiger partial charge in [-0.05, 0) is 59.7 Å². The Morgan fingerprint density at radius 2 is 0.808 bits per heavy atom. The average molecular weight is 350 g/mol. The Morgan fingerprint density at radius 3 is 1.04 bits per heavy atom. The van der Waals surface area contributed by atoms with Gasteiger partial charge < -0.3 is 21.7 Å². The van der Waals surface area contributed by atoms with Gasteiger partial charge in [0, 0.05) is 11.1 Å². The van der Waals surface area contributed by atoms with E-state index in [1.54, 1.807) is 24.3 Å². The lowest BCUT2D eigenvalue weighted by Gasteiger charge is -2.01. The van der Waals surface area contributed by atoms with E-state index < -0.39 is 11.8 Å². The van der Waals surface area contributed by atoms with Gasteiger partial charge in [0.2, 0.25) is 11.8 Å². The molecule has 3 rings (SSSR count). The zero-order chi connectivity index (χ0) is 19.1. The first-order chi connectivity index (χ1) is 12.4. The Morgan fingerprint density at radius 1 is 0.538 bits per heavy atom. The largest absolute Gasteiger partial charge is 0.508 e. The number of hydrogen-bond donors (Lipinski definition) is 4. The highest BCUT2D eigenvalue weighted by molar-refractivity contribution is 5.96. The Kier molecular flexibility index (Phi) is 5.95. The SMILES string of the molecule is NC(=O)c1ccc(C(N)=O)cc1.Oc1ccc(-c2ccc(O)cc2)cc1. The summed E-state index contributed by atoms with van der Waals surface area (Å²) in [5.74, 6) is -0.530. The Hall–Kier alpha value is -3.80. The van der Waals surface area contributed by atoms with Gasteiger partial charge in [-0.25, -0.2) is 0 Å². The van der Waals surface area contributed by atoms with Crippen LogP contribution in [-0.4, -0.2) is 22.0 Å². The average Bonchev–Trinajstić information content (AvgIpc) is 2.64. The highest BCUT2D eigenvalue weighted by Gasteiger charge is 2.02. The molecule has 0 spiro atoms. The van der Waals surface area contributed by atoms with Crippen molar-refractivity contribution in [3.63, 3.8) is 0 Å². The predicted molar refractivity (Wildman–Crippen MR) is 98.7 cm³/mol. The minimum absolute atomic E-state index is 0.257. The molecule has 0 bridgehead atoms. The van der Waals surface area contributed by atoms with Crippen LogP contribution in [0.1, 0.15) is 20.7 Å². The summed E-state index contributed by atoms with van der Waals surface area (Å²) < 4.78 is 0. The molecule has 0 fully saturated rings. The number of phenolic OH excluding ortho intramolecular Hbond substituents is 2. The number of hydrogen-bond acceptors (Lipinski definition) is 4. The van der Waals surface area contributed by atoms with Gasteiger partial charge in [0.25, 0.3) is 0 Å². The topological polar surface area (TPSA) is 127 Å². The van der Waals surface area contributed by atoms with Gasteiger partial charge in [-0.2, -0.15) is 0 Å². The summed E-state index contributed by atoms with van der Waals surface area (Å²) in [5.41, 5.74) is 12.7. The van der Waals surface area contributed by atoms with Crippen LogP contribution < -0.4 is 11.5 Å². The van der Waals surface area contributed by atoms with Gasteiger partial charge >= 0.3 is 0 Å². The molecule has 2 amide bonds. The van der Waals surface area contributed by atoms with Crippen molar-refractivity contribution in [2.24, 2.45) is 11.5 Å². The third-order valence-corrected chi connectivity index (χ3v) is 3.52. The molecule has 0 saturated heterocycles. The summed E-state index contributed by atoms with van der Waals surface area (Å²) in [6.07, 6.45) is 0. The number of nitrogens with two attached hydrogens (primary N) is 2. The van der Waals surface area contributed by atoms with E-state index >= 15 is 0 Å². The van der Waals surface area contributed by atoms with Crippen LogP contribution in [0.5, 0.6) is 11.5 Å². The molecule has 0 aliphatic heterocycles. The molecular weight excluding hydrogens is 332 g/mol. The van der Waals surface area contributed by atoms with E-state index in [1.165, 1.54) is 24.3 Å². The van der Waals surface area contributed by atoms with Crippen molar-refractivity contribution in [2.45, 2.75) is 0 Å². The molecule has 132 valence electrons. The van der Waals surface area contributed by atoms with E-state index in [-0.39, 0.29) is 11.5 Å². The summed E-state index contributed by atoms with van der Waals surface area (Å²) in [7, 11) is 0. The van der Waals surface area contributed by atoms with Crippen LogP contribution in [-0.2, 0) is 0 Å². The molecule has 6 nitrogen and oxygen atoms in total. The zero-order valence-electron chi connectivity index (χ0n) is 13.8. The molecule has 0 aliphatic rings. The van der Waals surface area contributed by atoms with Gasteiger partial charge in [-0.3, -0.25) is 9.59 Å². The van der Waals surface area contributed by atoms with E-state index in [1.807, 2.05) is 24.3 Å². The van der Waals surface area contributed by atoms with Crippen molar-refractivity contribution < 1.29 is 19.8 Å². The molecule has 0 heterocycles. The van der Waals surface area contributed by atoms with E-state index in [2.05, 4.69) is 0 Å². The van der Waals surface area contributed by atoms with Gasteiger partial charge in [0.1, 0.15) is 11.5 Å². The number of amides is 2. The summed E-state index contributed by atoms with van der Waals surface area (Å²) in [6, 6.07) is 19.7. The number of phenols is 2. The maximum absolute atomic E-state index is 10.6.